The minimum Gasteiger partial charge on any atom is -0.211 e. The zero-order chi connectivity index (χ0) is 11.2. The van der Waals surface area contributed by atoms with Crippen LogP contribution >= 0.6 is 0 Å². The fourth-order valence-electron chi connectivity index (χ4n) is 2.77. The number of fused-ring (bicyclic) bond motifs is 1. The second-order valence-corrected chi connectivity index (χ2v) is 5.09. The van der Waals surface area contributed by atoms with Crippen LogP contribution in [-0.2, 0) is 16.8 Å². The Bertz CT molecular complexity index is 482. The lowest BCUT2D eigenvalue weighted by atomic mass is 9.96. The standard InChI is InChI=1S/C14H15NO/c1-10-2-3-11-4-5-12(8-13(10)11)14(6-7-14)15-9-16/h4-5,8,10H,2-3,6-7H2,1H3. The van der Waals surface area contributed by atoms with E-state index in [4.69, 9.17) is 0 Å². The van der Waals surface area contributed by atoms with Crippen molar-refractivity contribution in [2.45, 2.75) is 44.1 Å². The Morgan fingerprint density at radius 2 is 2.25 bits per heavy atom. The summed E-state index contributed by atoms with van der Waals surface area (Å²) < 4.78 is 0. The van der Waals surface area contributed by atoms with Gasteiger partial charge in [0.15, 0.2) is 0 Å². The van der Waals surface area contributed by atoms with Gasteiger partial charge in [0.25, 0.3) is 0 Å². The minimum absolute atomic E-state index is 0.209. The van der Waals surface area contributed by atoms with Gasteiger partial charge in [-0.3, -0.25) is 0 Å². The third kappa shape index (κ3) is 1.34. The van der Waals surface area contributed by atoms with Crippen LogP contribution in [0.2, 0.25) is 0 Å². The van der Waals surface area contributed by atoms with E-state index in [1.165, 1.54) is 29.5 Å². The molecular weight excluding hydrogens is 198 g/mol. The third-order valence-electron chi connectivity index (χ3n) is 4.04. The van der Waals surface area contributed by atoms with Crippen LogP contribution in [0.5, 0.6) is 0 Å². The topological polar surface area (TPSA) is 29.4 Å². The van der Waals surface area contributed by atoms with Gasteiger partial charge in [0.05, 0.1) is 5.54 Å². The molecule has 0 amide bonds. The third-order valence-corrected chi connectivity index (χ3v) is 4.04. The van der Waals surface area contributed by atoms with E-state index in [1.807, 2.05) is 0 Å². The Labute approximate surface area is 95.4 Å². The number of carbonyl (C=O) groups excluding carboxylic acids is 1. The predicted octanol–water partition coefficient (Wildman–Crippen LogP) is 3.06. The van der Waals surface area contributed by atoms with Crippen molar-refractivity contribution in [3.63, 3.8) is 0 Å². The maximum absolute atomic E-state index is 10.4. The first-order valence-electron chi connectivity index (χ1n) is 5.97. The van der Waals surface area contributed by atoms with Crippen LogP contribution in [0.15, 0.2) is 23.2 Å². The van der Waals surface area contributed by atoms with E-state index in [1.54, 1.807) is 6.08 Å². The highest BCUT2D eigenvalue weighted by molar-refractivity contribution is 5.45. The highest BCUT2D eigenvalue weighted by Crippen LogP contribution is 2.50. The smallest absolute Gasteiger partial charge is 0.211 e. The average Bonchev–Trinajstić information content (AvgIpc) is 2.99. The molecule has 0 aromatic heterocycles. The second kappa shape index (κ2) is 3.29. The van der Waals surface area contributed by atoms with Crippen molar-refractivity contribution in [1.82, 2.24) is 0 Å². The van der Waals surface area contributed by atoms with Crippen molar-refractivity contribution in [3.8, 4) is 0 Å². The molecule has 82 valence electrons. The summed E-state index contributed by atoms with van der Waals surface area (Å²) in [6.07, 6.45) is 6.16. The summed E-state index contributed by atoms with van der Waals surface area (Å²) in [5.74, 6) is 0.658. The highest BCUT2D eigenvalue weighted by Gasteiger charge is 2.45. The van der Waals surface area contributed by atoms with Crippen LogP contribution in [0.1, 0.15) is 48.8 Å². The van der Waals surface area contributed by atoms with Gasteiger partial charge in [0.2, 0.25) is 6.08 Å². The number of rotatable bonds is 2. The Kier molecular flexibility index (Phi) is 2.02. The van der Waals surface area contributed by atoms with E-state index in [0.29, 0.717) is 5.92 Å². The quantitative estimate of drug-likeness (QED) is 0.548. The van der Waals surface area contributed by atoms with Crippen molar-refractivity contribution in [2.24, 2.45) is 4.99 Å². The lowest BCUT2D eigenvalue weighted by molar-refractivity contribution is 0.556. The van der Waals surface area contributed by atoms with Crippen molar-refractivity contribution >= 4 is 6.08 Å². The van der Waals surface area contributed by atoms with E-state index in [2.05, 4.69) is 30.1 Å². The Morgan fingerprint density at radius 3 is 2.94 bits per heavy atom. The van der Waals surface area contributed by atoms with Crippen LogP contribution in [0, 0.1) is 0 Å². The van der Waals surface area contributed by atoms with Crippen LogP contribution in [0.4, 0.5) is 0 Å². The molecule has 0 saturated heterocycles. The highest BCUT2D eigenvalue weighted by atomic mass is 16.1. The van der Waals surface area contributed by atoms with Gasteiger partial charge in [0, 0.05) is 0 Å². The summed E-state index contributed by atoms with van der Waals surface area (Å²) in [5, 5.41) is 0. The van der Waals surface area contributed by atoms with Crippen molar-refractivity contribution in [2.75, 3.05) is 0 Å². The Hall–Kier alpha value is -1.40. The van der Waals surface area contributed by atoms with Crippen molar-refractivity contribution in [1.29, 1.82) is 0 Å². The normalized spacial score (nSPS) is 24.7. The molecule has 2 nitrogen and oxygen atoms in total. The molecule has 1 atom stereocenters. The average molecular weight is 213 g/mol. The number of aliphatic imine (C=N–C) groups is 1. The molecule has 2 aliphatic carbocycles. The maximum Gasteiger partial charge on any atom is 0.235 e. The zero-order valence-electron chi connectivity index (χ0n) is 9.49. The summed E-state index contributed by atoms with van der Waals surface area (Å²) in [7, 11) is 0. The van der Waals surface area contributed by atoms with Crippen LogP contribution < -0.4 is 0 Å². The molecule has 0 bridgehead atoms. The van der Waals surface area contributed by atoms with Crippen molar-refractivity contribution in [3.05, 3.63) is 34.9 Å². The first-order chi connectivity index (χ1) is 7.75. The van der Waals surface area contributed by atoms with E-state index in [0.717, 1.165) is 12.8 Å². The van der Waals surface area contributed by atoms with E-state index in [-0.39, 0.29) is 5.54 Å². The zero-order valence-corrected chi connectivity index (χ0v) is 9.49. The molecule has 0 aliphatic heterocycles. The lowest BCUT2D eigenvalue weighted by Crippen LogP contribution is -2.03. The molecule has 1 aromatic carbocycles. The van der Waals surface area contributed by atoms with Crippen LogP contribution in [0.25, 0.3) is 0 Å². The van der Waals surface area contributed by atoms with Gasteiger partial charge in [-0.05, 0) is 48.3 Å². The Morgan fingerprint density at radius 1 is 1.44 bits per heavy atom. The number of isocyanates is 1. The van der Waals surface area contributed by atoms with Gasteiger partial charge in [-0.2, -0.15) is 4.99 Å². The molecule has 16 heavy (non-hydrogen) atoms. The van der Waals surface area contributed by atoms with E-state index >= 15 is 0 Å². The summed E-state index contributed by atoms with van der Waals surface area (Å²) in [6, 6.07) is 6.63. The molecule has 1 saturated carbocycles. The van der Waals surface area contributed by atoms with Crippen LogP contribution in [0.3, 0.4) is 0 Å². The Balaban J connectivity index is 2.04. The van der Waals surface area contributed by atoms with Gasteiger partial charge in [-0.1, -0.05) is 25.1 Å². The van der Waals surface area contributed by atoms with Gasteiger partial charge < -0.3 is 0 Å². The fourth-order valence-corrected chi connectivity index (χ4v) is 2.77. The molecule has 0 spiro atoms. The molecule has 0 N–H and O–H groups in total. The summed E-state index contributed by atoms with van der Waals surface area (Å²) in [5.41, 5.74) is 3.94. The van der Waals surface area contributed by atoms with E-state index in [9.17, 15) is 4.79 Å². The van der Waals surface area contributed by atoms with E-state index < -0.39 is 0 Å². The van der Waals surface area contributed by atoms with Gasteiger partial charge >= 0.3 is 0 Å². The molecule has 3 rings (SSSR count). The second-order valence-electron chi connectivity index (χ2n) is 5.09. The molecular formula is C14H15NO. The number of hydrogen-bond acceptors (Lipinski definition) is 2. The molecule has 1 fully saturated rings. The summed E-state index contributed by atoms with van der Waals surface area (Å²) in [6.45, 7) is 2.28. The largest absolute Gasteiger partial charge is 0.235 e. The van der Waals surface area contributed by atoms with Gasteiger partial charge in [0.1, 0.15) is 0 Å². The SMILES string of the molecule is CC1CCc2ccc(C3(N=C=O)CC3)cc21. The van der Waals surface area contributed by atoms with Crippen LogP contribution in [-0.4, -0.2) is 6.08 Å². The molecule has 1 unspecified atom stereocenters. The molecule has 1 aromatic rings. The first-order valence-corrected chi connectivity index (χ1v) is 5.97. The molecule has 2 heteroatoms. The number of benzene rings is 1. The lowest BCUT2D eigenvalue weighted by Gasteiger charge is -2.12. The monoisotopic (exact) mass is 213 g/mol. The number of hydrogen-bond donors (Lipinski definition) is 0. The predicted molar refractivity (Wildman–Crippen MR) is 62.2 cm³/mol. The number of nitrogens with zero attached hydrogens (tertiary/aromatic N) is 1. The maximum atomic E-state index is 10.4. The molecule has 0 heterocycles. The van der Waals surface area contributed by atoms with Crippen molar-refractivity contribution < 1.29 is 4.79 Å². The fraction of sp³-hybridized carbons (Fsp3) is 0.500. The first kappa shape index (κ1) is 9.80. The summed E-state index contributed by atoms with van der Waals surface area (Å²) >= 11 is 0. The van der Waals surface area contributed by atoms with Gasteiger partial charge in [-0.15, -0.1) is 0 Å². The number of aryl methyl sites for hydroxylation is 1. The summed E-state index contributed by atoms with van der Waals surface area (Å²) in [4.78, 5) is 14.4. The molecule has 2 aliphatic rings. The minimum atomic E-state index is -0.209. The van der Waals surface area contributed by atoms with Gasteiger partial charge in [-0.25, -0.2) is 4.79 Å². The molecule has 0 radical (unpaired) electrons.